The zero-order valence-corrected chi connectivity index (χ0v) is 12.5. The van der Waals surface area contributed by atoms with E-state index in [0.29, 0.717) is 11.3 Å². The predicted octanol–water partition coefficient (Wildman–Crippen LogP) is 2.91. The second kappa shape index (κ2) is 3.75. The Morgan fingerprint density at radius 1 is 1.16 bits per heavy atom. The third-order valence-corrected chi connectivity index (χ3v) is 6.46. The highest BCUT2D eigenvalue weighted by Gasteiger charge is 2.66. The number of hydrogen-bond acceptors (Lipinski definition) is 3. The molecule has 1 saturated heterocycles. The summed E-state index contributed by atoms with van der Waals surface area (Å²) in [6, 6.07) is 0. The Bertz CT molecular complexity index is 416. The third kappa shape index (κ3) is 1.63. The van der Waals surface area contributed by atoms with E-state index in [1.54, 1.807) is 0 Å². The van der Waals surface area contributed by atoms with Gasteiger partial charge in [0.05, 0.1) is 0 Å². The van der Waals surface area contributed by atoms with Crippen LogP contribution in [0, 0.1) is 22.7 Å². The molecule has 0 unspecified atom stereocenters. The molecule has 0 radical (unpaired) electrons. The summed E-state index contributed by atoms with van der Waals surface area (Å²) in [6.07, 6.45) is 4.62. The number of aliphatic hydroxyl groups excluding tert-OH is 1. The van der Waals surface area contributed by atoms with Crippen LogP contribution >= 0.6 is 0 Å². The van der Waals surface area contributed by atoms with Crippen molar-refractivity contribution in [2.45, 2.75) is 71.5 Å². The Kier molecular flexibility index (Phi) is 2.65. The van der Waals surface area contributed by atoms with E-state index in [1.807, 2.05) is 6.92 Å². The van der Waals surface area contributed by atoms with Crippen molar-refractivity contribution in [3.8, 4) is 0 Å². The Balaban J connectivity index is 2.05. The minimum atomic E-state index is -0.924. The predicted molar refractivity (Wildman–Crippen MR) is 72.5 cm³/mol. The van der Waals surface area contributed by atoms with Gasteiger partial charge in [0.25, 0.3) is 0 Å². The number of rotatable bonds is 0. The molecule has 0 aromatic carbocycles. The first kappa shape index (κ1) is 13.4. The fraction of sp³-hybridized carbons (Fsp3) is 0.938. The van der Waals surface area contributed by atoms with E-state index >= 15 is 0 Å². The van der Waals surface area contributed by atoms with Crippen LogP contribution < -0.4 is 0 Å². The van der Waals surface area contributed by atoms with Crippen LogP contribution in [0.25, 0.3) is 0 Å². The minimum absolute atomic E-state index is 0.0281. The molecule has 0 bridgehead atoms. The number of carbonyl (C=O) groups is 1. The van der Waals surface area contributed by atoms with Gasteiger partial charge in [0.15, 0.2) is 6.10 Å². The van der Waals surface area contributed by atoms with Gasteiger partial charge in [0, 0.05) is 5.92 Å². The smallest absolute Gasteiger partial charge is 0.335 e. The van der Waals surface area contributed by atoms with E-state index in [9.17, 15) is 9.90 Å². The Labute approximate surface area is 115 Å². The molecule has 1 aliphatic heterocycles. The molecule has 0 amide bonds. The van der Waals surface area contributed by atoms with Gasteiger partial charge in [-0.1, -0.05) is 27.2 Å². The average molecular weight is 266 g/mol. The number of esters is 1. The quantitative estimate of drug-likeness (QED) is 0.686. The number of carbonyl (C=O) groups excluding carboxylic acids is 1. The number of ether oxygens (including phenoxy) is 1. The van der Waals surface area contributed by atoms with Crippen molar-refractivity contribution in [2.24, 2.45) is 22.7 Å². The largest absolute Gasteiger partial charge is 0.457 e. The van der Waals surface area contributed by atoms with E-state index in [0.717, 1.165) is 19.3 Å². The molecule has 2 saturated carbocycles. The van der Waals surface area contributed by atoms with Crippen molar-refractivity contribution >= 4 is 5.97 Å². The van der Waals surface area contributed by atoms with Gasteiger partial charge >= 0.3 is 5.97 Å². The molecular formula is C16H26O3. The molecule has 1 N–H and O–H groups in total. The fourth-order valence-corrected chi connectivity index (χ4v) is 5.78. The van der Waals surface area contributed by atoms with Crippen molar-refractivity contribution in [2.75, 3.05) is 0 Å². The lowest BCUT2D eigenvalue weighted by atomic mass is 9.45. The average Bonchev–Trinajstić information content (AvgIpc) is 2.49. The topological polar surface area (TPSA) is 46.5 Å². The summed E-state index contributed by atoms with van der Waals surface area (Å²) in [5.41, 5.74) is -0.116. The van der Waals surface area contributed by atoms with E-state index < -0.39 is 17.7 Å². The number of hydrogen-bond donors (Lipinski definition) is 1. The first-order valence-corrected chi connectivity index (χ1v) is 7.62. The molecule has 3 rings (SSSR count). The van der Waals surface area contributed by atoms with Gasteiger partial charge in [-0.2, -0.15) is 0 Å². The lowest BCUT2D eigenvalue weighted by Crippen LogP contribution is -2.58. The summed E-state index contributed by atoms with van der Waals surface area (Å²) < 4.78 is 5.56. The highest BCUT2D eigenvalue weighted by molar-refractivity contribution is 5.78. The zero-order valence-electron chi connectivity index (χ0n) is 12.5. The minimum Gasteiger partial charge on any atom is -0.457 e. The van der Waals surface area contributed by atoms with Crippen LogP contribution in [0.5, 0.6) is 0 Å². The first-order valence-electron chi connectivity index (χ1n) is 7.62. The lowest BCUT2D eigenvalue weighted by Gasteiger charge is -2.59. The highest BCUT2D eigenvalue weighted by atomic mass is 16.6. The summed E-state index contributed by atoms with van der Waals surface area (Å²) in [7, 11) is 0. The highest BCUT2D eigenvalue weighted by Crippen LogP contribution is 2.64. The second-order valence-corrected chi connectivity index (χ2v) is 8.10. The van der Waals surface area contributed by atoms with Crippen LogP contribution in [0.1, 0.15) is 59.8 Å². The van der Waals surface area contributed by atoms with Gasteiger partial charge in [-0.15, -0.1) is 0 Å². The molecule has 0 aromatic heterocycles. The van der Waals surface area contributed by atoms with Crippen molar-refractivity contribution in [1.82, 2.24) is 0 Å². The van der Waals surface area contributed by atoms with Crippen molar-refractivity contribution in [3.05, 3.63) is 0 Å². The Morgan fingerprint density at radius 2 is 1.84 bits per heavy atom. The molecule has 1 heterocycles. The van der Waals surface area contributed by atoms with Gasteiger partial charge in [0.1, 0.15) is 5.60 Å². The van der Waals surface area contributed by atoms with Crippen LogP contribution in [0.3, 0.4) is 0 Å². The molecule has 19 heavy (non-hydrogen) atoms. The van der Waals surface area contributed by atoms with Crippen LogP contribution in [-0.4, -0.2) is 22.8 Å². The van der Waals surface area contributed by atoms with Crippen molar-refractivity contribution in [3.63, 3.8) is 0 Å². The van der Waals surface area contributed by atoms with Crippen molar-refractivity contribution < 1.29 is 14.6 Å². The molecule has 3 heteroatoms. The van der Waals surface area contributed by atoms with E-state index in [-0.39, 0.29) is 11.3 Å². The summed E-state index contributed by atoms with van der Waals surface area (Å²) in [5.74, 6) is 0.138. The van der Waals surface area contributed by atoms with Crippen LogP contribution in [0.2, 0.25) is 0 Å². The molecule has 3 fully saturated rings. The molecule has 108 valence electrons. The summed E-state index contributed by atoms with van der Waals surface area (Å²) in [6.45, 7) is 9.00. The molecule has 5 atom stereocenters. The summed E-state index contributed by atoms with van der Waals surface area (Å²) in [5, 5.41) is 10.4. The fourth-order valence-electron chi connectivity index (χ4n) is 5.78. The first-order chi connectivity index (χ1) is 8.71. The molecule has 0 spiro atoms. The third-order valence-electron chi connectivity index (χ3n) is 6.46. The zero-order chi connectivity index (χ0) is 14.1. The molecule has 3 aliphatic rings. The van der Waals surface area contributed by atoms with Crippen LogP contribution in [-0.2, 0) is 9.53 Å². The second-order valence-electron chi connectivity index (χ2n) is 8.10. The molecule has 3 nitrogen and oxygen atoms in total. The molecular weight excluding hydrogens is 240 g/mol. The van der Waals surface area contributed by atoms with E-state index in [2.05, 4.69) is 20.8 Å². The summed E-state index contributed by atoms with van der Waals surface area (Å²) >= 11 is 0. The Morgan fingerprint density at radius 3 is 2.53 bits per heavy atom. The molecule has 2 aliphatic carbocycles. The van der Waals surface area contributed by atoms with Gasteiger partial charge < -0.3 is 9.84 Å². The van der Waals surface area contributed by atoms with Crippen LogP contribution in [0.4, 0.5) is 0 Å². The Hall–Kier alpha value is -0.570. The van der Waals surface area contributed by atoms with Crippen LogP contribution in [0.15, 0.2) is 0 Å². The van der Waals surface area contributed by atoms with E-state index in [4.69, 9.17) is 4.74 Å². The normalized spacial score (nSPS) is 52.3. The molecule has 0 aromatic rings. The monoisotopic (exact) mass is 266 g/mol. The maximum absolute atomic E-state index is 11.9. The van der Waals surface area contributed by atoms with Gasteiger partial charge in [0.2, 0.25) is 0 Å². The lowest BCUT2D eigenvalue weighted by molar-refractivity contribution is -0.165. The van der Waals surface area contributed by atoms with E-state index in [1.165, 1.54) is 12.8 Å². The maximum Gasteiger partial charge on any atom is 0.335 e. The van der Waals surface area contributed by atoms with Gasteiger partial charge in [-0.25, -0.2) is 4.79 Å². The van der Waals surface area contributed by atoms with Crippen molar-refractivity contribution in [1.29, 1.82) is 0 Å². The van der Waals surface area contributed by atoms with Gasteiger partial charge in [-0.3, -0.25) is 0 Å². The SMILES string of the molecule is CC1(C)CCC[C@@]2(C)[C@H]1CC[C@@]1(C)OC(=O)[C@@H](O)[C@@H]21. The maximum atomic E-state index is 11.9. The standard InChI is InChI=1S/C16H26O3/c1-14(2)7-5-8-15(3)10(14)6-9-16(4)12(15)11(17)13(18)19-16/h10-12,17H,5-9H2,1-4H3/t10-,11-,12-,15-,16+/m0/s1. The number of aliphatic hydroxyl groups is 1. The van der Waals surface area contributed by atoms with Gasteiger partial charge in [-0.05, 0) is 49.4 Å². The number of fused-ring (bicyclic) bond motifs is 3. The summed E-state index contributed by atoms with van der Waals surface area (Å²) in [4.78, 5) is 11.9.